The quantitative estimate of drug-likeness (QED) is 0.477. The van der Waals surface area contributed by atoms with E-state index in [1.807, 2.05) is 61.0 Å². The first-order chi connectivity index (χ1) is 14.5. The number of H-pyrrole nitrogens is 1. The molecular formula is C22H24N6O2. The maximum atomic E-state index is 12.7. The SMILES string of the molecule is COc1ccc(-c2nc(Nc3ccc4c(c3)c(=O)n(C)n4CC=C(C)C)n[nH]2)cc1. The van der Waals surface area contributed by atoms with Gasteiger partial charge in [-0.25, -0.2) is 0 Å². The fourth-order valence-corrected chi connectivity index (χ4v) is 3.27. The van der Waals surface area contributed by atoms with Gasteiger partial charge >= 0.3 is 0 Å². The lowest BCUT2D eigenvalue weighted by Gasteiger charge is -2.07. The molecule has 0 radical (unpaired) electrons. The van der Waals surface area contributed by atoms with Crippen molar-refractivity contribution in [3.63, 3.8) is 0 Å². The number of aromatic nitrogens is 5. The Labute approximate surface area is 173 Å². The molecule has 30 heavy (non-hydrogen) atoms. The van der Waals surface area contributed by atoms with Crippen LogP contribution in [0.15, 0.2) is 58.9 Å². The molecule has 0 amide bonds. The molecule has 0 aliphatic heterocycles. The minimum atomic E-state index is -0.0373. The van der Waals surface area contributed by atoms with Crippen LogP contribution in [-0.4, -0.2) is 31.7 Å². The maximum absolute atomic E-state index is 12.7. The lowest BCUT2D eigenvalue weighted by molar-refractivity contribution is 0.415. The van der Waals surface area contributed by atoms with E-state index in [1.165, 1.54) is 5.57 Å². The summed E-state index contributed by atoms with van der Waals surface area (Å²) in [5.41, 5.74) is 3.71. The number of nitrogens with one attached hydrogen (secondary N) is 2. The summed E-state index contributed by atoms with van der Waals surface area (Å²) in [5.74, 6) is 1.86. The van der Waals surface area contributed by atoms with Crippen LogP contribution < -0.4 is 15.6 Å². The molecule has 4 aromatic rings. The second kappa shape index (κ2) is 7.90. The second-order valence-electron chi connectivity index (χ2n) is 7.29. The number of methoxy groups -OCH3 is 1. The first-order valence-corrected chi connectivity index (χ1v) is 9.63. The van der Waals surface area contributed by atoms with E-state index in [1.54, 1.807) is 18.8 Å². The highest BCUT2D eigenvalue weighted by Crippen LogP contribution is 2.23. The zero-order chi connectivity index (χ0) is 21.3. The molecule has 0 fully saturated rings. The fraction of sp³-hybridized carbons (Fsp3) is 0.227. The zero-order valence-electron chi connectivity index (χ0n) is 17.4. The molecular weight excluding hydrogens is 380 g/mol. The third kappa shape index (κ3) is 3.71. The summed E-state index contributed by atoms with van der Waals surface area (Å²) < 4.78 is 8.78. The number of benzene rings is 2. The van der Waals surface area contributed by atoms with E-state index < -0.39 is 0 Å². The normalized spacial score (nSPS) is 10.9. The molecule has 0 unspecified atom stereocenters. The molecule has 8 nitrogen and oxygen atoms in total. The highest BCUT2D eigenvalue weighted by atomic mass is 16.5. The molecule has 2 N–H and O–H groups in total. The van der Waals surface area contributed by atoms with Gasteiger partial charge in [0.25, 0.3) is 5.56 Å². The topological polar surface area (TPSA) is 89.8 Å². The van der Waals surface area contributed by atoms with Gasteiger partial charge in [-0.1, -0.05) is 11.6 Å². The van der Waals surface area contributed by atoms with Crippen molar-refractivity contribution in [2.75, 3.05) is 12.4 Å². The van der Waals surface area contributed by atoms with Crippen LogP contribution in [-0.2, 0) is 13.6 Å². The zero-order valence-corrected chi connectivity index (χ0v) is 17.4. The van der Waals surface area contributed by atoms with Crippen LogP contribution in [0.3, 0.4) is 0 Å². The number of fused-ring (bicyclic) bond motifs is 1. The number of hydrogen-bond donors (Lipinski definition) is 2. The van der Waals surface area contributed by atoms with Gasteiger partial charge in [0, 0.05) is 18.3 Å². The Morgan fingerprint density at radius 2 is 1.97 bits per heavy atom. The van der Waals surface area contributed by atoms with Crippen molar-refractivity contribution in [1.29, 1.82) is 0 Å². The van der Waals surface area contributed by atoms with Crippen molar-refractivity contribution < 1.29 is 4.74 Å². The van der Waals surface area contributed by atoms with Gasteiger partial charge in [0.1, 0.15) is 5.75 Å². The van der Waals surface area contributed by atoms with Crippen LogP contribution in [0.1, 0.15) is 13.8 Å². The van der Waals surface area contributed by atoms with Crippen molar-refractivity contribution in [2.24, 2.45) is 7.05 Å². The molecule has 0 saturated carbocycles. The molecule has 154 valence electrons. The van der Waals surface area contributed by atoms with E-state index >= 15 is 0 Å². The van der Waals surface area contributed by atoms with Crippen molar-refractivity contribution >= 4 is 22.5 Å². The number of anilines is 2. The lowest BCUT2D eigenvalue weighted by Crippen LogP contribution is -2.18. The van der Waals surface area contributed by atoms with Crippen molar-refractivity contribution in [3.05, 3.63) is 64.5 Å². The average molecular weight is 404 g/mol. The molecule has 0 atom stereocenters. The predicted octanol–water partition coefficient (Wildman–Crippen LogP) is 3.84. The van der Waals surface area contributed by atoms with Crippen molar-refractivity contribution in [1.82, 2.24) is 24.5 Å². The van der Waals surface area contributed by atoms with Crippen LogP contribution in [0.25, 0.3) is 22.3 Å². The van der Waals surface area contributed by atoms with Gasteiger partial charge in [-0.2, -0.15) is 4.98 Å². The Kier molecular flexibility index (Phi) is 5.14. The molecule has 0 spiro atoms. The Morgan fingerprint density at radius 3 is 2.67 bits per heavy atom. The number of allylic oxidation sites excluding steroid dienone is 2. The van der Waals surface area contributed by atoms with Gasteiger partial charge in [-0.05, 0) is 56.3 Å². The number of rotatable bonds is 6. The smallest absolute Gasteiger partial charge is 0.274 e. The molecule has 0 bridgehead atoms. The first kappa shape index (κ1) is 19.5. The summed E-state index contributed by atoms with van der Waals surface area (Å²) in [6, 6.07) is 13.3. The summed E-state index contributed by atoms with van der Waals surface area (Å²) in [6.45, 7) is 4.74. The van der Waals surface area contributed by atoms with E-state index in [0.717, 1.165) is 22.5 Å². The third-order valence-electron chi connectivity index (χ3n) is 4.94. The van der Waals surface area contributed by atoms with Gasteiger partial charge in [0.2, 0.25) is 5.95 Å². The summed E-state index contributed by atoms with van der Waals surface area (Å²) >= 11 is 0. The van der Waals surface area contributed by atoms with Gasteiger partial charge in [-0.3, -0.25) is 19.3 Å². The van der Waals surface area contributed by atoms with E-state index in [4.69, 9.17) is 4.74 Å². The third-order valence-corrected chi connectivity index (χ3v) is 4.94. The Morgan fingerprint density at radius 1 is 1.20 bits per heavy atom. The molecule has 8 heteroatoms. The lowest BCUT2D eigenvalue weighted by atomic mass is 10.2. The molecule has 0 saturated heterocycles. The maximum Gasteiger partial charge on any atom is 0.274 e. The van der Waals surface area contributed by atoms with Crippen LogP contribution in [0.2, 0.25) is 0 Å². The summed E-state index contributed by atoms with van der Waals surface area (Å²) in [5, 5.41) is 11.0. The molecule has 4 rings (SSSR count). The molecule has 0 aliphatic carbocycles. The van der Waals surface area contributed by atoms with E-state index in [-0.39, 0.29) is 5.56 Å². The number of ether oxygens (including phenoxy) is 1. The highest BCUT2D eigenvalue weighted by Gasteiger charge is 2.12. The Bertz CT molecular complexity index is 1270. The molecule has 2 aromatic carbocycles. The monoisotopic (exact) mass is 404 g/mol. The highest BCUT2D eigenvalue weighted by molar-refractivity contribution is 5.83. The van der Waals surface area contributed by atoms with Gasteiger partial charge < -0.3 is 10.1 Å². The minimum Gasteiger partial charge on any atom is -0.497 e. The number of hydrogen-bond acceptors (Lipinski definition) is 5. The first-order valence-electron chi connectivity index (χ1n) is 9.63. The van der Waals surface area contributed by atoms with Crippen LogP contribution in [0.4, 0.5) is 11.6 Å². The van der Waals surface area contributed by atoms with Crippen LogP contribution >= 0.6 is 0 Å². The molecule has 2 heterocycles. The second-order valence-corrected chi connectivity index (χ2v) is 7.29. The predicted molar refractivity (Wildman–Crippen MR) is 118 cm³/mol. The van der Waals surface area contributed by atoms with Crippen LogP contribution in [0.5, 0.6) is 5.75 Å². The minimum absolute atomic E-state index is 0.0373. The summed E-state index contributed by atoms with van der Waals surface area (Å²) in [6.07, 6.45) is 2.10. The van der Waals surface area contributed by atoms with Gasteiger partial charge in [-0.15, -0.1) is 5.10 Å². The Hall–Kier alpha value is -3.81. The molecule has 2 aromatic heterocycles. The Balaban J connectivity index is 1.60. The van der Waals surface area contributed by atoms with E-state index in [2.05, 4.69) is 26.6 Å². The van der Waals surface area contributed by atoms with Crippen molar-refractivity contribution in [3.8, 4) is 17.1 Å². The van der Waals surface area contributed by atoms with E-state index in [9.17, 15) is 4.79 Å². The number of nitrogens with zero attached hydrogens (tertiary/aromatic N) is 4. The molecule has 0 aliphatic rings. The van der Waals surface area contributed by atoms with Crippen LogP contribution in [0, 0.1) is 0 Å². The fourth-order valence-electron chi connectivity index (χ4n) is 3.27. The number of aromatic amines is 1. The average Bonchev–Trinajstić information content (AvgIpc) is 3.30. The summed E-state index contributed by atoms with van der Waals surface area (Å²) in [4.78, 5) is 17.2. The standard InChI is InChI=1S/C22H24N6O2/c1-14(2)11-12-28-19-10-7-16(13-18(19)21(29)27(28)3)23-22-24-20(25-26-22)15-5-8-17(30-4)9-6-15/h5-11,13H,12H2,1-4H3,(H2,23,24,25,26). The van der Waals surface area contributed by atoms with Gasteiger partial charge in [0.05, 0.1) is 24.6 Å². The summed E-state index contributed by atoms with van der Waals surface area (Å²) in [7, 11) is 3.41. The largest absolute Gasteiger partial charge is 0.497 e. The van der Waals surface area contributed by atoms with E-state index in [0.29, 0.717) is 23.7 Å². The van der Waals surface area contributed by atoms with Crippen molar-refractivity contribution in [2.45, 2.75) is 20.4 Å². The van der Waals surface area contributed by atoms with Gasteiger partial charge in [0.15, 0.2) is 5.82 Å².